The Hall–Kier alpha value is -2.24. The van der Waals surface area contributed by atoms with E-state index in [-0.39, 0.29) is 23.6 Å². The van der Waals surface area contributed by atoms with E-state index in [9.17, 15) is 14.7 Å². The number of amides is 1. The Labute approximate surface area is 199 Å². The maximum absolute atomic E-state index is 13.5. The second kappa shape index (κ2) is 10.4. The number of carboxylic acids is 1. The van der Waals surface area contributed by atoms with E-state index in [1.54, 1.807) is 18.2 Å². The van der Waals surface area contributed by atoms with Gasteiger partial charge in [0.1, 0.15) is 6.04 Å². The monoisotopic (exact) mass is 495 g/mol. The fourth-order valence-electron chi connectivity index (χ4n) is 3.21. The lowest BCUT2D eigenvalue weighted by Crippen LogP contribution is -2.46. The third kappa shape index (κ3) is 6.14. The largest absolute Gasteiger partial charge is 0.480 e. The fraction of sp³-hybridized carbons (Fsp3) is 0.130. The zero-order chi connectivity index (χ0) is 22.5. The highest BCUT2D eigenvalue weighted by molar-refractivity contribution is 6.37. The molecule has 0 fully saturated rings. The molecule has 0 aliphatic heterocycles. The van der Waals surface area contributed by atoms with Crippen molar-refractivity contribution in [2.45, 2.75) is 19.0 Å². The molecular formula is C23H17Cl4NO3. The molecule has 0 spiro atoms. The lowest BCUT2D eigenvalue weighted by atomic mass is 10.0. The van der Waals surface area contributed by atoms with Crippen molar-refractivity contribution in [2.75, 3.05) is 0 Å². The van der Waals surface area contributed by atoms with Crippen molar-refractivity contribution in [3.63, 3.8) is 0 Å². The average molecular weight is 497 g/mol. The van der Waals surface area contributed by atoms with Gasteiger partial charge in [0.25, 0.3) is 5.91 Å². The van der Waals surface area contributed by atoms with Crippen LogP contribution in [0.2, 0.25) is 20.1 Å². The smallest absolute Gasteiger partial charge is 0.326 e. The average Bonchev–Trinajstić information content (AvgIpc) is 2.70. The van der Waals surface area contributed by atoms with E-state index in [4.69, 9.17) is 46.4 Å². The van der Waals surface area contributed by atoms with Crippen molar-refractivity contribution in [2.24, 2.45) is 0 Å². The molecule has 0 bridgehead atoms. The third-order valence-corrected chi connectivity index (χ3v) is 5.62. The van der Waals surface area contributed by atoms with Crippen molar-refractivity contribution in [1.29, 1.82) is 0 Å². The van der Waals surface area contributed by atoms with Gasteiger partial charge in [-0.15, -0.1) is 0 Å². The van der Waals surface area contributed by atoms with Gasteiger partial charge in [-0.25, -0.2) is 4.79 Å². The van der Waals surface area contributed by atoms with Crippen LogP contribution in [-0.2, 0) is 17.8 Å². The summed E-state index contributed by atoms with van der Waals surface area (Å²) >= 11 is 24.4. The van der Waals surface area contributed by atoms with Gasteiger partial charge in [0.15, 0.2) is 0 Å². The van der Waals surface area contributed by atoms with Gasteiger partial charge in [0.2, 0.25) is 0 Å². The highest BCUT2D eigenvalue weighted by atomic mass is 35.5. The molecule has 0 saturated heterocycles. The molecule has 1 atom stereocenters. The van der Waals surface area contributed by atoms with E-state index in [1.165, 1.54) is 23.1 Å². The number of aliphatic carboxylic acids is 1. The van der Waals surface area contributed by atoms with Gasteiger partial charge < -0.3 is 10.0 Å². The summed E-state index contributed by atoms with van der Waals surface area (Å²) in [7, 11) is 0. The number of carbonyl (C=O) groups excluding carboxylic acids is 1. The molecule has 1 amide bonds. The van der Waals surface area contributed by atoms with Crippen molar-refractivity contribution < 1.29 is 14.7 Å². The van der Waals surface area contributed by atoms with Crippen LogP contribution in [-0.4, -0.2) is 27.9 Å². The highest BCUT2D eigenvalue weighted by Crippen LogP contribution is 2.26. The molecule has 0 aliphatic carbocycles. The first-order valence-electron chi connectivity index (χ1n) is 9.22. The lowest BCUT2D eigenvalue weighted by molar-refractivity contribution is -0.142. The highest BCUT2D eigenvalue weighted by Gasteiger charge is 2.32. The van der Waals surface area contributed by atoms with Gasteiger partial charge in [-0.2, -0.15) is 0 Å². The Morgan fingerprint density at radius 2 is 1.45 bits per heavy atom. The van der Waals surface area contributed by atoms with E-state index in [1.807, 2.05) is 30.3 Å². The van der Waals surface area contributed by atoms with Gasteiger partial charge in [-0.05, 0) is 47.5 Å². The van der Waals surface area contributed by atoms with Crippen LogP contribution in [0.25, 0.3) is 0 Å². The number of rotatable bonds is 7. The Balaban J connectivity index is 2.04. The molecule has 1 unspecified atom stereocenters. The summed E-state index contributed by atoms with van der Waals surface area (Å²) in [5, 5.41) is 11.3. The Bertz CT molecular complexity index is 1080. The summed E-state index contributed by atoms with van der Waals surface area (Å²) in [6.45, 7) is -0.0259. The summed E-state index contributed by atoms with van der Waals surface area (Å²) < 4.78 is 0. The topological polar surface area (TPSA) is 57.6 Å². The molecule has 31 heavy (non-hydrogen) atoms. The Morgan fingerprint density at radius 1 is 0.806 bits per heavy atom. The van der Waals surface area contributed by atoms with Gasteiger partial charge in [0.05, 0.1) is 10.6 Å². The molecule has 3 aromatic rings. The van der Waals surface area contributed by atoms with Crippen LogP contribution in [0.15, 0.2) is 66.7 Å². The molecule has 0 heterocycles. The second-order valence-electron chi connectivity index (χ2n) is 6.88. The van der Waals surface area contributed by atoms with Crippen LogP contribution < -0.4 is 0 Å². The first-order valence-corrected chi connectivity index (χ1v) is 10.7. The molecule has 4 nitrogen and oxygen atoms in total. The number of hydrogen-bond donors (Lipinski definition) is 1. The normalized spacial score (nSPS) is 11.7. The minimum atomic E-state index is -1.15. The second-order valence-corrected chi connectivity index (χ2v) is 8.60. The molecule has 1 N–H and O–H groups in total. The van der Waals surface area contributed by atoms with Crippen LogP contribution in [0.1, 0.15) is 21.5 Å². The summed E-state index contributed by atoms with van der Waals surface area (Å²) in [6.07, 6.45) is 0.113. The number of nitrogens with zero attached hydrogens (tertiary/aromatic N) is 1. The van der Waals surface area contributed by atoms with Crippen LogP contribution >= 0.6 is 46.4 Å². The molecular weight excluding hydrogens is 480 g/mol. The van der Waals surface area contributed by atoms with Crippen molar-refractivity contribution in [3.05, 3.63) is 104 Å². The van der Waals surface area contributed by atoms with E-state index in [2.05, 4.69) is 0 Å². The Morgan fingerprint density at radius 3 is 2.03 bits per heavy atom. The zero-order valence-electron chi connectivity index (χ0n) is 16.1. The number of halogens is 4. The SMILES string of the molecule is O=C(O)C(Cc1ccccc1)N(Cc1cc(Cl)cc(Cl)c1)C(=O)c1ccc(Cl)cc1Cl. The van der Waals surface area contributed by atoms with Crippen LogP contribution in [0.5, 0.6) is 0 Å². The molecule has 0 aliphatic rings. The van der Waals surface area contributed by atoms with E-state index >= 15 is 0 Å². The summed E-state index contributed by atoms with van der Waals surface area (Å²) in [5.74, 6) is -1.68. The summed E-state index contributed by atoms with van der Waals surface area (Å²) in [5.41, 5.74) is 1.52. The molecule has 0 aromatic heterocycles. The molecule has 160 valence electrons. The van der Waals surface area contributed by atoms with Gasteiger partial charge in [-0.1, -0.05) is 76.7 Å². The number of benzene rings is 3. The number of carbonyl (C=O) groups is 2. The minimum Gasteiger partial charge on any atom is -0.480 e. The van der Waals surface area contributed by atoms with E-state index in [0.717, 1.165) is 5.56 Å². The molecule has 3 aromatic carbocycles. The first-order chi connectivity index (χ1) is 14.7. The van der Waals surface area contributed by atoms with Crippen molar-refractivity contribution in [1.82, 2.24) is 4.90 Å². The number of hydrogen-bond acceptors (Lipinski definition) is 2. The van der Waals surface area contributed by atoms with E-state index in [0.29, 0.717) is 20.6 Å². The van der Waals surface area contributed by atoms with Gasteiger partial charge in [-0.3, -0.25) is 4.79 Å². The Kier molecular flexibility index (Phi) is 7.84. The van der Waals surface area contributed by atoms with Crippen LogP contribution in [0.4, 0.5) is 0 Å². The summed E-state index contributed by atoms with van der Waals surface area (Å²) in [4.78, 5) is 27.0. The predicted molar refractivity (Wildman–Crippen MR) is 124 cm³/mol. The van der Waals surface area contributed by atoms with Crippen molar-refractivity contribution in [3.8, 4) is 0 Å². The first kappa shape index (κ1) is 23.4. The summed E-state index contributed by atoms with van der Waals surface area (Å²) in [6, 6.07) is 17.2. The lowest BCUT2D eigenvalue weighted by Gasteiger charge is -2.30. The quantitative estimate of drug-likeness (QED) is 0.399. The van der Waals surface area contributed by atoms with Crippen LogP contribution in [0.3, 0.4) is 0 Å². The molecule has 8 heteroatoms. The molecule has 0 saturated carbocycles. The van der Waals surface area contributed by atoms with Gasteiger partial charge in [0, 0.05) is 28.0 Å². The number of carboxylic acid groups (broad SMARTS) is 1. The minimum absolute atomic E-state index is 0.0259. The van der Waals surface area contributed by atoms with Crippen molar-refractivity contribution >= 4 is 58.3 Å². The molecule has 0 radical (unpaired) electrons. The fourth-order valence-corrected chi connectivity index (χ4v) is 4.27. The standard InChI is InChI=1S/C23H17Cl4NO3/c24-16-6-7-19(20(27)12-16)22(29)28(13-15-8-17(25)11-18(26)9-15)21(23(30)31)10-14-4-2-1-3-5-14/h1-9,11-12,21H,10,13H2,(H,30,31). The van der Waals surface area contributed by atoms with Crippen LogP contribution in [0, 0.1) is 0 Å². The molecule has 3 rings (SSSR count). The maximum atomic E-state index is 13.5. The van der Waals surface area contributed by atoms with Gasteiger partial charge >= 0.3 is 5.97 Å². The maximum Gasteiger partial charge on any atom is 0.326 e. The third-order valence-electron chi connectivity index (χ3n) is 4.63. The zero-order valence-corrected chi connectivity index (χ0v) is 19.1. The predicted octanol–water partition coefficient (Wildman–Crippen LogP) is 6.64. The van der Waals surface area contributed by atoms with E-state index < -0.39 is 17.9 Å².